The summed E-state index contributed by atoms with van der Waals surface area (Å²) in [5, 5.41) is 2.78. The SMILES string of the molecule is CC1=CC(C)(C)/C=C\C(=O)NC1. The lowest BCUT2D eigenvalue weighted by atomic mass is 9.89. The van der Waals surface area contributed by atoms with Crippen molar-refractivity contribution in [1.29, 1.82) is 0 Å². The van der Waals surface area contributed by atoms with Crippen LogP contribution in [0.5, 0.6) is 0 Å². The normalized spacial score (nSPS) is 24.9. The minimum atomic E-state index is -0.00414. The van der Waals surface area contributed by atoms with Gasteiger partial charge in [0.05, 0.1) is 0 Å². The van der Waals surface area contributed by atoms with Crippen LogP contribution in [-0.4, -0.2) is 12.5 Å². The van der Waals surface area contributed by atoms with Crippen LogP contribution in [0, 0.1) is 5.41 Å². The number of rotatable bonds is 0. The molecule has 0 aromatic heterocycles. The van der Waals surface area contributed by atoms with Crippen molar-refractivity contribution in [3.63, 3.8) is 0 Å². The zero-order chi connectivity index (χ0) is 9.19. The molecule has 0 radical (unpaired) electrons. The maximum atomic E-state index is 11.0. The summed E-state index contributed by atoms with van der Waals surface area (Å²) in [4.78, 5) is 11.0. The van der Waals surface area contributed by atoms with Crippen LogP contribution in [-0.2, 0) is 4.79 Å². The molecule has 66 valence electrons. The third-order valence-electron chi connectivity index (χ3n) is 1.82. The van der Waals surface area contributed by atoms with Crippen molar-refractivity contribution < 1.29 is 4.79 Å². The molecular weight excluding hydrogens is 150 g/mol. The average Bonchev–Trinajstić information content (AvgIpc) is 1.95. The third-order valence-corrected chi connectivity index (χ3v) is 1.82. The molecule has 1 rings (SSSR count). The van der Waals surface area contributed by atoms with Gasteiger partial charge in [-0.15, -0.1) is 0 Å². The predicted molar refractivity (Wildman–Crippen MR) is 49.7 cm³/mol. The fraction of sp³-hybridized carbons (Fsp3) is 0.500. The van der Waals surface area contributed by atoms with Gasteiger partial charge >= 0.3 is 0 Å². The minimum Gasteiger partial charge on any atom is -0.349 e. The van der Waals surface area contributed by atoms with Crippen molar-refractivity contribution >= 4 is 5.91 Å². The van der Waals surface area contributed by atoms with Crippen LogP contribution in [0.1, 0.15) is 20.8 Å². The second-order valence-corrected chi connectivity index (χ2v) is 3.86. The molecule has 0 aromatic carbocycles. The van der Waals surface area contributed by atoms with Crippen molar-refractivity contribution in [3.05, 3.63) is 23.8 Å². The Kier molecular flexibility index (Phi) is 2.36. The average molecular weight is 165 g/mol. The fourth-order valence-electron chi connectivity index (χ4n) is 1.31. The van der Waals surface area contributed by atoms with Crippen molar-refractivity contribution in [3.8, 4) is 0 Å². The van der Waals surface area contributed by atoms with E-state index >= 15 is 0 Å². The molecule has 1 aliphatic rings. The summed E-state index contributed by atoms with van der Waals surface area (Å²) < 4.78 is 0. The second-order valence-electron chi connectivity index (χ2n) is 3.86. The molecule has 0 saturated carbocycles. The third kappa shape index (κ3) is 2.53. The van der Waals surface area contributed by atoms with Crippen molar-refractivity contribution in [2.75, 3.05) is 6.54 Å². The molecule has 0 fully saturated rings. The van der Waals surface area contributed by atoms with Crippen LogP contribution >= 0.6 is 0 Å². The Balaban J connectivity index is 2.89. The molecule has 12 heavy (non-hydrogen) atoms. The highest BCUT2D eigenvalue weighted by atomic mass is 16.1. The molecule has 1 aliphatic heterocycles. The van der Waals surface area contributed by atoms with Crippen molar-refractivity contribution in [2.24, 2.45) is 5.41 Å². The lowest BCUT2D eigenvalue weighted by molar-refractivity contribution is -0.116. The van der Waals surface area contributed by atoms with E-state index in [9.17, 15) is 4.79 Å². The smallest absolute Gasteiger partial charge is 0.243 e. The van der Waals surface area contributed by atoms with E-state index in [0.717, 1.165) is 0 Å². The van der Waals surface area contributed by atoms with Crippen LogP contribution in [0.2, 0.25) is 0 Å². The monoisotopic (exact) mass is 165 g/mol. The lowest BCUT2D eigenvalue weighted by Gasteiger charge is -2.19. The van der Waals surface area contributed by atoms with Crippen LogP contribution in [0.4, 0.5) is 0 Å². The molecule has 2 heteroatoms. The zero-order valence-corrected chi connectivity index (χ0v) is 7.85. The summed E-state index contributed by atoms with van der Waals surface area (Å²) >= 11 is 0. The molecule has 0 spiro atoms. The first-order valence-corrected chi connectivity index (χ1v) is 4.15. The van der Waals surface area contributed by atoms with Gasteiger partial charge in [-0.05, 0) is 13.0 Å². The number of amides is 1. The summed E-state index contributed by atoms with van der Waals surface area (Å²) in [6.45, 7) is 6.87. The van der Waals surface area contributed by atoms with E-state index in [-0.39, 0.29) is 11.3 Å². The van der Waals surface area contributed by atoms with E-state index in [4.69, 9.17) is 0 Å². The molecule has 0 unspecified atom stereocenters. The Morgan fingerprint density at radius 2 is 2.17 bits per heavy atom. The molecule has 1 heterocycles. The molecule has 0 aliphatic carbocycles. The van der Waals surface area contributed by atoms with E-state index in [1.807, 2.05) is 13.0 Å². The summed E-state index contributed by atoms with van der Waals surface area (Å²) in [6.07, 6.45) is 5.69. The largest absolute Gasteiger partial charge is 0.349 e. The van der Waals surface area contributed by atoms with E-state index in [1.54, 1.807) is 6.08 Å². The number of hydrogen-bond donors (Lipinski definition) is 1. The zero-order valence-electron chi connectivity index (χ0n) is 7.85. The van der Waals surface area contributed by atoms with E-state index in [2.05, 4.69) is 25.2 Å². The quantitative estimate of drug-likeness (QED) is 0.543. The summed E-state index contributed by atoms with van der Waals surface area (Å²) in [5.74, 6) is -0.00414. The Bertz CT molecular complexity index is 249. The van der Waals surface area contributed by atoms with Gasteiger partial charge in [0.1, 0.15) is 0 Å². The molecule has 0 aromatic rings. The highest BCUT2D eigenvalue weighted by molar-refractivity contribution is 5.87. The van der Waals surface area contributed by atoms with Gasteiger partial charge in [-0.3, -0.25) is 4.79 Å². The first kappa shape index (κ1) is 9.04. The Hall–Kier alpha value is -1.05. The highest BCUT2D eigenvalue weighted by Crippen LogP contribution is 2.21. The van der Waals surface area contributed by atoms with Crippen molar-refractivity contribution in [2.45, 2.75) is 20.8 Å². The number of carbonyl (C=O) groups excluding carboxylic acids is 1. The first-order chi connectivity index (χ1) is 5.49. The van der Waals surface area contributed by atoms with E-state index in [1.165, 1.54) is 5.57 Å². The van der Waals surface area contributed by atoms with Crippen LogP contribution < -0.4 is 5.32 Å². The van der Waals surface area contributed by atoms with Crippen LogP contribution in [0.3, 0.4) is 0 Å². The van der Waals surface area contributed by atoms with Crippen LogP contribution in [0.25, 0.3) is 0 Å². The summed E-state index contributed by atoms with van der Waals surface area (Å²) in [7, 11) is 0. The molecule has 1 N–H and O–H groups in total. The number of allylic oxidation sites excluding steroid dienone is 2. The summed E-state index contributed by atoms with van der Waals surface area (Å²) in [5.41, 5.74) is 1.21. The lowest BCUT2D eigenvalue weighted by Crippen LogP contribution is -2.25. The Morgan fingerprint density at radius 3 is 2.83 bits per heavy atom. The van der Waals surface area contributed by atoms with E-state index in [0.29, 0.717) is 6.54 Å². The van der Waals surface area contributed by atoms with Crippen molar-refractivity contribution in [1.82, 2.24) is 5.32 Å². The molecule has 0 bridgehead atoms. The number of nitrogens with one attached hydrogen (secondary N) is 1. The molecule has 0 saturated heterocycles. The van der Waals surface area contributed by atoms with Gasteiger partial charge in [0, 0.05) is 12.0 Å². The van der Waals surface area contributed by atoms with Gasteiger partial charge in [-0.1, -0.05) is 31.6 Å². The van der Waals surface area contributed by atoms with Gasteiger partial charge in [-0.25, -0.2) is 0 Å². The molecular formula is C10H15NO. The molecule has 2 nitrogen and oxygen atoms in total. The Morgan fingerprint density at radius 1 is 1.50 bits per heavy atom. The summed E-state index contributed by atoms with van der Waals surface area (Å²) in [6, 6.07) is 0. The Labute approximate surface area is 73.4 Å². The topological polar surface area (TPSA) is 29.1 Å². The number of hydrogen-bond acceptors (Lipinski definition) is 1. The van der Waals surface area contributed by atoms with Gasteiger partial charge in [-0.2, -0.15) is 0 Å². The predicted octanol–water partition coefficient (Wildman–Crippen LogP) is 1.64. The maximum Gasteiger partial charge on any atom is 0.243 e. The second kappa shape index (κ2) is 3.13. The minimum absolute atomic E-state index is 0.00183. The number of carbonyl (C=O) groups is 1. The van der Waals surface area contributed by atoms with Gasteiger partial charge in [0.2, 0.25) is 5.91 Å². The first-order valence-electron chi connectivity index (χ1n) is 4.15. The highest BCUT2D eigenvalue weighted by Gasteiger charge is 2.13. The van der Waals surface area contributed by atoms with Gasteiger partial charge < -0.3 is 5.32 Å². The van der Waals surface area contributed by atoms with Gasteiger partial charge in [0.15, 0.2) is 0 Å². The molecule has 0 atom stereocenters. The fourth-order valence-corrected chi connectivity index (χ4v) is 1.31. The van der Waals surface area contributed by atoms with Gasteiger partial charge in [0.25, 0.3) is 0 Å². The molecule has 1 amide bonds. The van der Waals surface area contributed by atoms with E-state index < -0.39 is 0 Å². The van der Waals surface area contributed by atoms with Crippen LogP contribution in [0.15, 0.2) is 23.8 Å². The maximum absolute atomic E-state index is 11.0. The standard InChI is InChI=1S/C10H15NO/c1-8-6-10(2,3)5-4-9(12)11-7-8/h4-6H,7H2,1-3H3,(H,11,12)/b5-4-,8-6?.